The number of urea groups is 1. The molecule has 9 nitrogen and oxygen atoms in total. The van der Waals surface area contributed by atoms with Gasteiger partial charge in [0, 0.05) is 48.5 Å². The molecule has 2 amide bonds. The van der Waals surface area contributed by atoms with Crippen LogP contribution in [0.15, 0.2) is 48.9 Å². The zero-order valence-electron chi connectivity index (χ0n) is 18.0. The molecule has 32 heavy (non-hydrogen) atoms. The molecule has 3 aromatic rings. The minimum Gasteiger partial charge on any atom is -0.495 e. The van der Waals surface area contributed by atoms with E-state index >= 15 is 0 Å². The van der Waals surface area contributed by atoms with E-state index in [2.05, 4.69) is 30.6 Å². The van der Waals surface area contributed by atoms with Gasteiger partial charge in [0.05, 0.1) is 19.9 Å². The number of methoxy groups -OCH3 is 1. The molecule has 3 heterocycles. The molecule has 0 spiro atoms. The normalized spacial score (nSPS) is 18.8. The van der Waals surface area contributed by atoms with Crippen LogP contribution in [0.2, 0.25) is 5.02 Å². The summed E-state index contributed by atoms with van der Waals surface area (Å²) >= 11 is 5.93. The second kappa shape index (κ2) is 9.97. The SMILES string of the molecule is COc1ccc([C@@H]2CN(Cc3ncn(C)n3)CC[C@H]2NC(=O)Nc2ccc(Cl)cc2)nc1. The van der Waals surface area contributed by atoms with Crippen molar-refractivity contribution in [3.05, 3.63) is 65.5 Å². The van der Waals surface area contributed by atoms with Gasteiger partial charge >= 0.3 is 6.03 Å². The number of hydrogen-bond donors (Lipinski definition) is 2. The average Bonchev–Trinajstić information content (AvgIpc) is 3.21. The summed E-state index contributed by atoms with van der Waals surface area (Å²) in [5.74, 6) is 1.49. The molecule has 0 bridgehead atoms. The highest BCUT2D eigenvalue weighted by Gasteiger charge is 2.33. The molecule has 1 fully saturated rings. The Balaban J connectivity index is 1.47. The molecular formula is C22H26ClN7O2. The lowest BCUT2D eigenvalue weighted by molar-refractivity contribution is 0.163. The van der Waals surface area contributed by atoms with E-state index in [0.717, 1.165) is 31.0 Å². The molecule has 2 N–H and O–H groups in total. The Bertz CT molecular complexity index is 1040. The Hall–Kier alpha value is -3.17. The lowest BCUT2D eigenvalue weighted by Crippen LogP contribution is -2.50. The third-order valence-corrected chi connectivity index (χ3v) is 5.75. The van der Waals surface area contributed by atoms with Crippen LogP contribution < -0.4 is 15.4 Å². The van der Waals surface area contributed by atoms with Gasteiger partial charge in [-0.1, -0.05) is 11.6 Å². The number of rotatable bonds is 6. The summed E-state index contributed by atoms with van der Waals surface area (Å²) in [5, 5.41) is 11.0. The molecule has 0 aliphatic carbocycles. The first-order valence-electron chi connectivity index (χ1n) is 10.4. The van der Waals surface area contributed by atoms with Gasteiger partial charge in [-0.25, -0.2) is 9.78 Å². The summed E-state index contributed by atoms with van der Waals surface area (Å²) in [6, 6.07) is 10.5. The smallest absolute Gasteiger partial charge is 0.319 e. The lowest BCUT2D eigenvalue weighted by Gasteiger charge is -2.38. The molecule has 2 aromatic heterocycles. The van der Waals surface area contributed by atoms with Crippen LogP contribution in [0.25, 0.3) is 0 Å². The molecule has 1 aliphatic rings. The number of amides is 2. The summed E-state index contributed by atoms with van der Waals surface area (Å²) in [6.45, 7) is 2.19. The van der Waals surface area contributed by atoms with E-state index in [1.807, 2.05) is 19.2 Å². The number of pyridine rings is 1. The molecule has 168 valence electrons. The molecule has 0 unspecified atom stereocenters. The van der Waals surface area contributed by atoms with Crippen LogP contribution in [-0.4, -0.2) is 56.9 Å². The van der Waals surface area contributed by atoms with Gasteiger partial charge in [-0.05, 0) is 42.8 Å². The van der Waals surface area contributed by atoms with Crippen LogP contribution in [-0.2, 0) is 13.6 Å². The summed E-state index contributed by atoms with van der Waals surface area (Å²) in [6.07, 6.45) is 4.19. The number of piperidine rings is 1. The average molecular weight is 456 g/mol. The Morgan fingerprint density at radius 1 is 1.22 bits per heavy atom. The molecular weight excluding hydrogens is 430 g/mol. The second-order valence-electron chi connectivity index (χ2n) is 7.80. The van der Waals surface area contributed by atoms with Crippen LogP contribution in [0.5, 0.6) is 5.75 Å². The monoisotopic (exact) mass is 455 g/mol. The van der Waals surface area contributed by atoms with E-state index in [9.17, 15) is 4.79 Å². The predicted octanol–water partition coefficient (Wildman–Crippen LogP) is 3.05. The lowest BCUT2D eigenvalue weighted by atomic mass is 9.88. The summed E-state index contributed by atoms with van der Waals surface area (Å²) in [7, 11) is 3.47. The number of nitrogens with one attached hydrogen (secondary N) is 2. The Morgan fingerprint density at radius 2 is 2.03 bits per heavy atom. The van der Waals surface area contributed by atoms with Gasteiger partial charge in [-0.2, -0.15) is 5.10 Å². The highest BCUT2D eigenvalue weighted by atomic mass is 35.5. The standard InChI is InChI=1S/C22H26ClN7O2/c1-29-14-25-21(28-29)13-30-10-9-20(18(12-30)19-8-7-17(32-2)11-24-19)27-22(31)26-16-5-3-15(23)4-6-16/h3-8,11,14,18,20H,9-10,12-13H2,1-2H3,(H2,26,27,31)/t18-,20+/m0/s1. The number of hydrogen-bond acceptors (Lipinski definition) is 6. The van der Waals surface area contributed by atoms with E-state index in [0.29, 0.717) is 23.0 Å². The van der Waals surface area contributed by atoms with Gasteiger partial charge in [-0.15, -0.1) is 0 Å². The highest BCUT2D eigenvalue weighted by Crippen LogP contribution is 2.28. The minimum absolute atomic E-state index is 0.00864. The first-order chi connectivity index (χ1) is 15.5. The van der Waals surface area contributed by atoms with E-state index in [1.54, 1.807) is 48.6 Å². The number of aromatic nitrogens is 4. The van der Waals surface area contributed by atoms with Crippen molar-refractivity contribution in [2.75, 3.05) is 25.5 Å². The number of halogens is 1. The van der Waals surface area contributed by atoms with Crippen molar-refractivity contribution in [3.63, 3.8) is 0 Å². The van der Waals surface area contributed by atoms with Gasteiger partial charge in [-0.3, -0.25) is 14.6 Å². The fourth-order valence-electron chi connectivity index (χ4n) is 3.89. The van der Waals surface area contributed by atoms with Gasteiger partial charge < -0.3 is 15.4 Å². The van der Waals surface area contributed by atoms with Gasteiger partial charge in [0.1, 0.15) is 12.1 Å². The Morgan fingerprint density at radius 3 is 2.69 bits per heavy atom. The fraction of sp³-hybridized carbons (Fsp3) is 0.364. The number of carbonyl (C=O) groups excluding carboxylic acids is 1. The number of carbonyl (C=O) groups is 1. The number of anilines is 1. The van der Waals surface area contributed by atoms with Gasteiger partial charge in [0.25, 0.3) is 0 Å². The molecule has 10 heteroatoms. The van der Waals surface area contributed by atoms with Crippen LogP contribution in [0, 0.1) is 0 Å². The number of likely N-dealkylation sites (tertiary alicyclic amines) is 1. The van der Waals surface area contributed by atoms with Crippen molar-refractivity contribution in [1.29, 1.82) is 0 Å². The van der Waals surface area contributed by atoms with Crippen LogP contribution in [0.4, 0.5) is 10.5 Å². The minimum atomic E-state index is -0.254. The van der Waals surface area contributed by atoms with Crippen molar-refractivity contribution >= 4 is 23.3 Å². The summed E-state index contributed by atoms with van der Waals surface area (Å²) in [4.78, 5) is 23.9. The molecule has 0 radical (unpaired) electrons. The highest BCUT2D eigenvalue weighted by molar-refractivity contribution is 6.30. The van der Waals surface area contributed by atoms with Crippen LogP contribution in [0.3, 0.4) is 0 Å². The van der Waals surface area contributed by atoms with Crippen molar-refractivity contribution in [1.82, 2.24) is 30.0 Å². The van der Waals surface area contributed by atoms with Crippen molar-refractivity contribution < 1.29 is 9.53 Å². The van der Waals surface area contributed by atoms with Crippen molar-refractivity contribution in [2.45, 2.75) is 24.9 Å². The third kappa shape index (κ3) is 5.54. The van der Waals surface area contributed by atoms with E-state index in [4.69, 9.17) is 16.3 Å². The van der Waals surface area contributed by atoms with Gasteiger partial charge in [0.2, 0.25) is 0 Å². The molecule has 1 saturated heterocycles. The maximum Gasteiger partial charge on any atom is 0.319 e. The maximum absolute atomic E-state index is 12.7. The molecule has 4 rings (SSSR count). The first kappa shape index (κ1) is 22.0. The zero-order valence-corrected chi connectivity index (χ0v) is 18.8. The number of ether oxygens (including phenoxy) is 1. The topological polar surface area (TPSA) is 97.2 Å². The zero-order chi connectivity index (χ0) is 22.5. The Kier molecular flexibility index (Phi) is 6.87. The summed E-state index contributed by atoms with van der Waals surface area (Å²) < 4.78 is 6.95. The molecule has 0 saturated carbocycles. The summed E-state index contributed by atoms with van der Waals surface area (Å²) in [5.41, 5.74) is 1.59. The molecule has 1 aliphatic heterocycles. The quantitative estimate of drug-likeness (QED) is 0.593. The Labute approximate surface area is 191 Å². The number of nitrogens with zero attached hydrogens (tertiary/aromatic N) is 5. The fourth-order valence-corrected chi connectivity index (χ4v) is 4.02. The number of aryl methyl sites for hydroxylation is 1. The number of benzene rings is 1. The maximum atomic E-state index is 12.7. The van der Waals surface area contributed by atoms with E-state index in [-0.39, 0.29) is 18.0 Å². The largest absolute Gasteiger partial charge is 0.495 e. The van der Waals surface area contributed by atoms with Gasteiger partial charge in [0.15, 0.2) is 5.82 Å². The van der Waals surface area contributed by atoms with E-state index in [1.165, 1.54) is 0 Å². The predicted molar refractivity (Wildman–Crippen MR) is 122 cm³/mol. The van der Waals surface area contributed by atoms with Crippen LogP contribution >= 0.6 is 11.6 Å². The molecule has 2 atom stereocenters. The second-order valence-corrected chi connectivity index (χ2v) is 8.24. The molecule has 1 aromatic carbocycles. The van der Waals surface area contributed by atoms with Crippen LogP contribution in [0.1, 0.15) is 23.9 Å². The third-order valence-electron chi connectivity index (χ3n) is 5.50. The first-order valence-corrected chi connectivity index (χ1v) is 10.8. The van der Waals surface area contributed by atoms with Crippen molar-refractivity contribution in [3.8, 4) is 5.75 Å². The van der Waals surface area contributed by atoms with Crippen molar-refractivity contribution in [2.24, 2.45) is 7.05 Å². The van der Waals surface area contributed by atoms with E-state index < -0.39 is 0 Å².